The fourth-order valence-corrected chi connectivity index (χ4v) is 10.6. The van der Waals surface area contributed by atoms with Crippen LogP contribution in [0.3, 0.4) is 0 Å². The van der Waals surface area contributed by atoms with Gasteiger partial charge in [-0.25, -0.2) is 9.59 Å². The molecular formula is C57H79N7O8. The normalized spacial score (nSPS) is 21.9. The lowest BCUT2D eigenvalue weighted by atomic mass is 9.84. The number of carbonyl (C=O) groups excluding carboxylic acids is 6. The van der Waals surface area contributed by atoms with Crippen molar-refractivity contribution in [1.82, 2.24) is 31.1 Å². The molecule has 7 rings (SSSR count). The molecule has 1 fully saturated rings. The zero-order valence-corrected chi connectivity index (χ0v) is 44.6. The Hall–Kier alpha value is -6.12. The average Bonchev–Trinajstić information content (AvgIpc) is 3.71. The van der Waals surface area contributed by atoms with Crippen molar-refractivity contribution in [2.45, 2.75) is 194 Å². The number of fused-ring (bicyclic) bond motifs is 3. The van der Waals surface area contributed by atoms with Gasteiger partial charge in [0.2, 0.25) is 23.6 Å². The molecule has 0 aromatic heterocycles. The molecule has 2 aliphatic heterocycles. The van der Waals surface area contributed by atoms with Gasteiger partial charge in [0.15, 0.2) is 0 Å². The number of nitrogens with one attached hydrogen (secondary N) is 5. The first-order chi connectivity index (χ1) is 33.6. The van der Waals surface area contributed by atoms with E-state index in [0.29, 0.717) is 5.69 Å². The summed E-state index contributed by atoms with van der Waals surface area (Å²) < 4.78 is 11.2. The molecular weight excluding hydrogens is 911 g/mol. The number of alkyl carbamates (subject to hydrolysis) is 2. The number of likely N-dealkylation sites (tertiary alicyclic amines) is 1. The summed E-state index contributed by atoms with van der Waals surface area (Å²) in [7, 11) is 0. The summed E-state index contributed by atoms with van der Waals surface area (Å²) in [5, 5.41) is 15.9. The molecule has 0 radical (unpaired) electrons. The van der Waals surface area contributed by atoms with Crippen molar-refractivity contribution in [3.63, 3.8) is 0 Å². The first-order valence-electron chi connectivity index (χ1n) is 25.9. The molecule has 390 valence electrons. The smallest absolute Gasteiger partial charge is 0.408 e. The van der Waals surface area contributed by atoms with Crippen LogP contribution in [0.1, 0.15) is 161 Å². The van der Waals surface area contributed by atoms with Crippen LogP contribution in [0.2, 0.25) is 0 Å². The highest BCUT2D eigenvalue weighted by Gasteiger charge is 2.47. The van der Waals surface area contributed by atoms with E-state index in [0.717, 1.165) is 60.8 Å². The van der Waals surface area contributed by atoms with Crippen molar-refractivity contribution in [1.29, 1.82) is 0 Å². The van der Waals surface area contributed by atoms with E-state index in [1.165, 1.54) is 11.1 Å². The Labute approximate surface area is 426 Å². The molecule has 0 bridgehead atoms. The summed E-state index contributed by atoms with van der Waals surface area (Å²) in [6.45, 7) is 22.0. The van der Waals surface area contributed by atoms with E-state index in [4.69, 9.17) is 9.47 Å². The van der Waals surface area contributed by atoms with Gasteiger partial charge in [0, 0.05) is 31.2 Å². The molecule has 5 N–H and O–H groups in total. The van der Waals surface area contributed by atoms with E-state index in [2.05, 4.69) is 50.8 Å². The maximum atomic E-state index is 15.0. The third-order valence-electron chi connectivity index (χ3n) is 14.1. The number of benzene rings is 3. The number of carbonyl (C=O) groups is 6. The SMILES string of the molecule is CC(C)(C)OC(=O)NC(C(=O)N1Cc2cc(N[C@H]3CC(C(=O)N[C@@H]4CCCc5ccccc54)N(C(=O)C(NC(=O)OC(C)(C)C)C(C)(C)C)C3)ccc2CC1C(=O)NC1CCCc2ccccc21)C(C)(C)C. The van der Waals surface area contributed by atoms with Crippen molar-refractivity contribution < 1.29 is 38.2 Å². The molecule has 1 saturated heterocycles. The van der Waals surface area contributed by atoms with Crippen LogP contribution in [0, 0.1) is 10.8 Å². The Bertz CT molecular complexity index is 2520. The number of nitrogens with zero attached hydrogens (tertiary/aromatic N) is 2. The average molecular weight is 990 g/mol. The van der Waals surface area contributed by atoms with Gasteiger partial charge in [0.1, 0.15) is 35.4 Å². The lowest BCUT2D eigenvalue weighted by Gasteiger charge is -2.41. The molecule has 72 heavy (non-hydrogen) atoms. The van der Waals surface area contributed by atoms with Crippen LogP contribution >= 0.6 is 0 Å². The van der Waals surface area contributed by atoms with E-state index in [1.807, 2.05) is 84.0 Å². The second kappa shape index (κ2) is 21.2. The monoisotopic (exact) mass is 990 g/mol. The molecule has 0 spiro atoms. The van der Waals surface area contributed by atoms with Gasteiger partial charge < -0.3 is 45.9 Å². The fourth-order valence-electron chi connectivity index (χ4n) is 10.6. The van der Waals surface area contributed by atoms with Crippen molar-refractivity contribution in [3.05, 3.63) is 100 Å². The highest BCUT2D eigenvalue weighted by molar-refractivity contribution is 5.94. The van der Waals surface area contributed by atoms with Crippen molar-refractivity contribution >= 4 is 41.5 Å². The summed E-state index contributed by atoms with van der Waals surface area (Å²) in [6.07, 6.45) is 4.33. The van der Waals surface area contributed by atoms with Gasteiger partial charge in [-0.1, -0.05) is 96.1 Å². The number of hydrogen-bond donors (Lipinski definition) is 5. The van der Waals surface area contributed by atoms with E-state index in [-0.39, 0.29) is 55.9 Å². The number of hydrogen-bond acceptors (Lipinski definition) is 9. The number of aryl methyl sites for hydroxylation is 2. The molecule has 2 aliphatic carbocycles. The Balaban J connectivity index is 1.17. The van der Waals surface area contributed by atoms with Crippen molar-refractivity contribution in [3.8, 4) is 0 Å². The van der Waals surface area contributed by atoms with E-state index in [1.54, 1.807) is 51.3 Å². The molecule has 6 amide bonds. The predicted octanol–water partition coefficient (Wildman–Crippen LogP) is 8.59. The highest BCUT2D eigenvalue weighted by atomic mass is 16.6. The van der Waals surface area contributed by atoms with E-state index < -0.39 is 70.2 Å². The molecule has 15 nitrogen and oxygen atoms in total. The number of anilines is 1. The fraction of sp³-hybridized carbons (Fsp3) is 0.579. The Morgan fingerprint density at radius 1 is 0.569 bits per heavy atom. The zero-order chi connectivity index (χ0) is 52.5. The molecule has 7 atom stereocenters. The van der Waals surface area contributed by atoms with Gasteiger partial charge in [-0.3, -0.25) is 19.2 Å². The minimum absolute atomic E-state index is 0.0817. The van der Waals surface area contributed by atoms with Crippen LogP contribution in [0.25, 0.3) is 0 Å². The van der Waals surface area contributed by atoms with Gasteiger partial charge in [-0.2, -0.15) is 0 Å². The van der Waals surface area contributed by atoms with Gasteiger partial charge >= 0.3 is 12.2 Å². The summed E-state index contributed by atoms with van der Waals surface area (Å²) in [5.41, 5.74) is 3.89. The van der Waals surface area contributed by atoms with Crippen LogP contribution in [0.4, 0.5) is 15.3 Å². The second-order valence-corrected chi connectivity index (χ2v) is 24.4. The quantitative estimate of drug-likeness (QED) is 0.133. The van der Waals surface area contributed by atoms with Crippen LogP contribution < -0.4 is 26.6 Å². The lowest BCUT2D eigenvalue weighted by molar-refractivity contribution is -0.145. The second-order valence-electron chi connectivity index (χ2n) is 24.4. The Kier molecular flexibility index (Phi) is 15.8. The zero-order valence-electron chi connectivity index (χ0n) is 44.6. The minimum atomic E-state index is -1.03. The molecule has 3 aromatic carbocycles. The van der Waals surface area contributed by atoms with Crippen molar-refractivity contribution in [2.24, 2.45) is 10.8 Å². The molecule has 3 aromatic rings. The summed E-state index contributed by atoms with van der Waals surface area (Å²) >= 11 is 0. The lowest BCUT2D eigenvalue weighted by Crippen LogP contribution is -2.61. The molecule has 4 aliphatic rings. The molecule has 15 heteroatoms. The van der Waals surface area contributed by atoms with Crippen LogP contribution in [-0.2, 0) is 54.5 Å². The van der Waals surface area contributed by atoms with Gasteiger partial charge in [-0.15, -0.1) is 0 Å². The molecule has 2 heterocycles. The maximum absolute atomic E-state index is 15.0. The van der Waals surface area contributed by atoms with E-state index >= 15 is 4.79 Å². The Morgan fingerprint density at radius 2 is 1.04 bits per heavy atom. The minimum Gasteiger partial charge on any atom is -0.444 e. The largest absolute Gasteiger partial charge is 0.444 e. The maximum Gasteiger partial charge on any atom is 0.408 e. The first-order valence-corrected chi connectivity index (χ1v) is 25.9. The number of rotatable bonds is 10. The summed E-state index contributed by atoms with van der Waals surface area (Å²) in [6, 6.07) is 17.6. The highest BCUT2D eigenvalue weighted by Crippen LogP contribution is 2.36. The third-order valence-corrected chi connectivity index (χ3v) is 14.1. The van der Waals surface area contributed by atoms with Crippen LogP contribution in [0.15, 0.2) is 66.7 Å². The first kappa shape index (κ1) is 53.7. The van der Waals surface area contributed by atoms with Crippen LogP contribution in [-0.4, -0.2) is 93.6 Å². The topological polar surface area (TPSA) is 188 Å². The van der Waals surface area contributed by atoms with Gasteiger partial charge in [0.05, 0.1) is 12.1 Å². The van der Waals surface area contributed by atoms with Crippen LogP contribution in [0.5, 0.6) is 0 Å². The summed E-state index contributed by atoms with van der Waals surface area (Å²) in [4.78, 5) is 88.9. The number of amides is 6. The standard InChI is InChI=1S/C57H79N7O8/c1-54(2,3)46(61-52(69)71-56(7,8)9)50(67)63-32-37-29-38(28-27-36(37)30-44(63)48(65)59-42-25-17-21-34-19-13-15-23-40(34)42)58-39-31-45(49(66)60-43-26-18-22-35-20-14-16-24-41(35)43)64(33-39)51(68)47(55(4,5)6)62-53(70)72-57(10,11)12/h13-16,19-20,23-24,27-29,39,42-47,58H,17-18,21-22,25-26,30-33H2,1-12H3,(H,59,65)(H,60,66)(H,61,69)(H,62,70)/t39-,42?,43+,44?,45?,46?,47?/m0/s1. The molecule has 5 unspecified atom stereocenters. The third kappa shape index (κ3) is 13.1. The van der Waals surface area contributed by atoms with Gasteiger partial charge in [-0.05, 0) is 143 Å². The number of ether oxygens (including phenoxy) is 2. The van der Waals surface area contributed by atoms with Gasteiger partial charge in [0.25, 0.3) is 0 Å². The molecule has 0 saturated carbocycles. The van der Waals surface area contributed by atoms with Crippen molar-refractivity contribution in [2.75, 3.05) is 11.9 Å². The Morgan fingerprint density at radius 3 is 1.53 bits per heavy atom. The van der Waals surface area contributed by atoms with E-state index in [9.17, 15) is 24.0 Å². The predicted molar refractivity (Wildman–Crippen MR) is 278 cm³/mol. The summed E-state index contributed by atoms with van der Waals surface area (Å²) in [5.74, 6) is -1.34.